The summed E-state index contributed by atoms with van der Waals surface area (Å²) in [5.74, 6) is 1.66. The van der Waals surface area contributed by atoms with Gasteiger partial charge in [0.05, 0.1) is 10.3 Å². The molecule has 2 aromatic rings. The minimum Gasteiger partial charge on any atom is -0.302 e. The van der Waals surface area contributed by atoms with Gasteiger partial charge in [0.2, 0.25) is 0 Å². The van der Waals surface area contributed by atoms with Gasteiger partial charge in [-0.1, -0.05) is 0 Å². The predicted octanol–water partition coefficient (Wildman–Crippen LogP) is 2.79. The maximum Gasteiger partial charge on any atom is 0.164 e. The maximum absolute atomic E-state index is 4.25. The molecule has 0 amide bonds. The van der Waals surface area contributed by atoms with Crippen molar-refractivity contribution in [1.82, 2.24) is 20.5 Å². The molecule has 0 aliphatic rings. The molecule has 6 heteroatoms. The third kappa shape index (κ3) is 2.90. The van der Waals surface area contributed by atoms with Crippen LogP contribution in [0.5, 0.6) is 0 Å². The van der Waals surface area contributed by atoms with Crippen LogP contribution >= 0.6 is 27.3 Å². The standard InChI is InChI=1S/C10H13BrN4S/c1-6(8-3-4-9(11)16-8)12-5-10-13-7(2)14-15-10/h3-4,6,12H,5H2,1-2H3,(H,13,14,15). The zero-order valence-electron chi connectivity index (χ0n) is 9.12. The number of nitrogens with zero attached hydrogens (tertiary/aromatic N) is 2. The van der Waals surface area contributed by atoms with E-state index in [-0.39, 0.29) is 0 Å². The highest BCUT2D eigenvalue weighted by molar-refractivity contribution is 9.11. The normalized spacial score (nSPS) is 12.9. The molecule has 4 nitrogen and oxygen atoms in total. The highest BCUT2D eigenvalue weighted by Gasteiger charge is 2.08. The van der Waals surface area contributed by atoms with E-state index in [1.807, 2.05) is 6.92 Å². The summed E-state index contributed by atoms with van der Waals surface area (Å²) < 4.78 is 1.16. The maximum atomic E-state index is 4.25. The van der Waals surface area contributed by atoms with Crippen LogP contribution in [0.1, 0.15) is 29.5 Å². The lowest BCUT2D eigenvalue weighted by Gasteiger charge is -2.09. The number of aryl methyl sites for hydroxylation is 1. The molecule has 0 aliphatic heterocycles. The molecule has 2 heterocycles. The van der Waals surface area contributed by atoms with Gasteiger partial charge in [0.15, 0.2) is 5.82 Å². The van der Waals surface area contributed by atoms with Crippen molar-refractivity contribution in [3.63, 3.8) is 0 Å². The largest absolute Gasteiger partial charge is 0.302 e. The van der Waals surface area contributed by atoms with E-state index in [2.05, 4.69) is 55.5 Å². The fourth-order valence-electron chi connectivity index (χ4n) is 1.37. The lowest BCUT2D eigenvalue weighted by Crippen LogP contribution is -2.17. The first-order valence-corrected chi connectivity index (χ1v) is 6.62. The molecule has 0 fully saturated rings. The van der Waals surface area contributed by atoms with E-state index in [1.165, 1.54) is 4.88 Å². The van der Waals surface area contributed by atoms with Gasteiger partial charge in [-0.25, -0.2) is 4.98 Å². The Kier molecular flexibility index (Phi) is 3.73. The summed E-state index contributed by atoms with van der Waals surface area (Å²) in [7, 11) is 0. The minimum atomic E-state index is 0.315. The molecule has 0 spiro atoms. The quantitative estimate of drug-likeness (QED) is 0.913. The molecule has 1 unspecified atom stereocenters. The van der Waals surface area contributed by atoms with Crippen molar-refractivity contribution in [1.29, 1.82) is 0 Å². The van der Waals surface area contributed by atoms with Crippen molar-refractivity contribution in [2.75, 3.05) is 0 Å². The smallest absolute Gasteiger partial charge is 0.164 e. The molecule has 0 saturated carbocycles. The Labute approximate surface area is 107 Å². The van der Waals surface area contributed by atoms with Crippen LogP contribution in [-0.4, -0.2) is 15.2 Å². The first-order valence-electron chi connectivity index (χ1n) is 5.01. The number of hydrogen-bond acceptors (Lipinski definition) is 4. The number of halogens is 1. The lowest BCUT2D eigenvalue weighted by atomic mass is 10.3. The first kappa shape index (κ1) is 11.8. The summed E-state index contributed by atoms with van der Waals surface area (Å²) in [5.41, 5.74) is 0. The van der Waals surface area contributed by atoms with E-state index < -0.39 is 0 Å². The van der Waals surface area contributed by atoms with Crippen LogP contribution in [0, 0.1) is 6.92 Å². The van der Waals surface area contributed by atoms with E-state index in [1.54, 1.807) is 11.3 Å². The van der Waals surface area contributed by atoms with Gasteiger partial charge >= 0.3 is 0 Å². The van der Waals surface area contributed by atoms with E-state index in [9.17, 15) is 0 Å². The molecule has 0 radical (unpaired) electrons. The first-order chi connectivity index (χ1) is 7.65. The molecule has 0 aliphatic carbocycles. The number of H-pyrrole nitrogens is 1. The molecule has 2 aromatic heterocycles. The average Bonchev–Trinajstić information content (AvgIpc) is 2.84. The lowest BCUT2D eigenvalue weighted by molar-refractivity contribution is 0.567. The van der Waals surface area contributed by atoms with Crippen molar-refractivity contribution < 1.29 is 0 Å². The number of nitrogens with one attached hydrogen (secondary N) is 2. The van der Waals surface area contributed by atoms with Crippen LogP contribution in [0.15, 0.2) is 15.9 Å². The number of thiophene rings is 1. The van der Waals surface area contributed by atoms with Gasteiger partial charge in [-0.3, -0.25) is 5.10 Å². The molecule has 16 heavy (non-hydrogen) atoms. The van der Waals surface area contributed by atoms with E-state index in [0.29, 0.717) is 12.6 Å². The summed E-state index contributed by atoms with van der Waals surface area (Å²) in [6, 6.07) is 4.50. The summed E-state index contributed by atoms with van der Waals surface area (Å²) in [6.45, 7) is 4.72. The third-order valence-corrected chi connectivity index (χ3v) is 4.04. The minimum absolute atomic E-state index is 0.315. The Balaban J connectivity index is 1.91. The Hall–Kier alpha value is -0.720. The van der Waals surface area contributed by atoms with E-state index >= 15 is 0 Å². The van der Waals surface area contributed by atoms with Crippen LogP contribution in [0.4, 0.5) is 0 Å². The topological polar surface area (TPSA) is 53.6 Å². The fourth-order valence-corrected chi connectivity index (χ4v) is 2.82. The molecule has 0 aromatic carbocycles. The van der Waals surface area contributed by atoms with Gasteiger partial charge in [0.1, 0.15) is 5.82 Å². The molecule has 0 bridgehead atoms. The Bertz CT molecular complexity index is 465. The Morgan fingerprint density at radius 3 is 2.94 bits per heavy atom. The van der Waals surface area contributed by atoms with Crippen LogP contribution in [-0.2, 0) is 6.54 Å². The van der Waals surface area contributed by atoms with E-state index in [4.69, 9.17) is 0 Å². The number of aromatic amines is 1. The summed E-state index contributed by atoms with van der Waals surface area (Å²) >= 11 is 5.20. The average molecular weight is 301 g/mol. The van der Waals surface area contributed by atoms with Crippen LogP contribution in [0.2, 0.25) is 0 Å². The van der Waals surface area contributed by atoms with Crippen LogP contribution < -0.4 is 5.32 Å². The van der Waals surface area contributed by atoms with Crippen LogP contribution in [0.3, 0.4) is 0 Å². The molecule has 1 atom stereocenters. The zero-order chi connectivity index (χ0) is 11.5. The highest BCUT2D eigenvalue weighted by Crippen LogP contribution is 2.26. The molecular weight excluding hydrogens is 288 g/mol. The van der Waals surface area contributed by atoms with Crippen molar-refractivity contribution in [2.24, 2.45) is 0 Å². The number of rotatable bonds is 4. The van der Waals surface area contributed by atoms with Crippen molar-refractivity contribution in [2.45, 2.75) is 26.4 Å². The summed E-state index contributed by atoms with van der Waals surface area (Å²) in [6.07, 6.45) is 0. The Morgan fingerprint density at radius 2 is 2.38 bits per heavy atom. The molecular formula is C10H13BrN4S. The van der Waals surface area contributed by atoms with Gasteiger partial charge in [0.25, 0.3) is 0 Å². The van der Waals surface area contributed by atoms with Crippen LogP contribution in [0.25, 0.3) is 0 Å². The second kappa shape index (κ2) is 5.07. The van der Waals surface area contributed by atoms with Crippen molar-refractivity contribution >= 4 is 27.3 Å². The highest BCUT2D eigenvalue weighted by atomic mass is 79.9. The van der Waals surface area contributed by atoms with Crippen molar-refractivity contribution in [3.05, 3.63) is 32.4 Å². The number of aromatic nitrogens is 3. The van der Waals surface area contributed by atoms with E-state index in [0.717, 1.165) is 15.4 Å². The number of hydrogen-bond donors (Lipinski definition) is 2. The van der Waals surface area contributed by atoms with Gasteiger partial charge in [-0.2, -0.15) is 5.10 Å². The Morgan fingerprint density at radius 1 is 1.56 bits per heavy atom. The zero-order valence-corrected chi connectivity index (χ0v) is 11.5. The monoisotopic (exact) mass is 300 g/mol. The third-order valence-electron chi connectivity index (χ3n) is 2.23. The molecule has 0 saturated heterocycles. The summed E-state index contributed by atoms with van der Waals surface area (Å²) in [4.78, 5) is 5.55. The fraction of sp³-hybridized carbons (Fsp3) is 0.400. The van der Waals surface area contributed by atoms with Gasteiger partial charge in [-0.05, 0) is 41.9 Å². The molecule has 2 N–H and O–H groups in total. The van der Waals surface area contributed by atoms with Crippen molar-refractivity contribution in [3.8, 4) is 0 Å². The predicted molar refractivity (Wildman–Crippen MR) is 68.4 cm³/mol. The second-order valence-corrected chi connectivity index (χ2v) is 6.08. The second-order valence-electron chi connectivity index (χ2n) is 3.58. The van der Waals surface area contributed by atoms with Gasteiger partial charge in [0, 0.05) is 10.9 Å². The van der Waals surface area contributed by atoms with Gasteiger partial charge < -0.3 is 5.32 Å². The molecule has 86 valence electrons. The molecule has 2 rings (SSSR count). The summed E-state index contributed by atoms with van der Waals surface area (Å²) in [5, 5.41) is 10.3. The van der Waals surface area contributed by atoms with Gasteiger partial charge in [-0.15, -0.1) is 11.3 Å². The SMILES string of the molecule is Cc1nc(CNC(C)c2ccc(Br)s2)n[nH]1.